The van der Waals surface area contributed by atoms with E-state index in [9.17, 15) is 0 Å². The SMILES string of the molecule is NCC1(CN2CCOC(CO)C2)CCOCC1. The first-order valence-electron chi connectivity index (χ1n) is 6.51. The van der Waals surface area contributed by atoms with Gasteiger partial charge in [-0.3, -0.25) is 4.90 Å². The zero-order chi connectivity index (χ0) is 12.1. The van der Waals surface area contributed by atoms with Gasteiger partial charge in [0.05, 0.1) is 19.3 Å². The van der Waals surface area contributed by atoms with Crippen molar-refractivity contribution in [3.05, 3.63) is 0 Å². The summed E-state index contributed by atoms with van der Waals surface area (Å²) in [5.41, 5.74) is 6.16. The lowest BCUT2D eigenvalue weighted by atomic mass is 9.79. The van der Waals surface area contributed by atoms with Crippen molar-refractivity contribution in [3.63, 3.8) is 0 Å². The average Bonchev–Trinajstić information content (AvgIpc) is 2.40. The van der Waals surface area contributed by atoms with Crippen molar-refractivity contribution in [2.24, 2.45) is 11.1 Å². The van der Waals surface area contributed by atoms with Crippen molar-refractivity contribution >= 4 is 0 Å². The Bertz CT molecular complexity index is 232. The van der Waals surface area contributed by atoms with E-state index in [1.807, 2.05) is 0 Å². The van der Waals surface area contributed by atoms with Crippen LogP contribution in [0.2, 0.25) is 0 Å². The number of nitrogens with two attached hydrogens (primary N) is 1. The van der Waals surface area contributed by atoms with Crippen LogP contribution in [-0.2, 0) is 9.47 Å². The van der Waals surface area contributed by atoms with E-state index in [1.54, 1.807) is 0 Å². The Morgan fingerprint density at radius 2 is 2.06 bits per heavy atom. The Hall–Kier alpha value is -0.200. The zero-order valence-corrected chi connectivity index (χ0v) is 10.4. The molecule has 2 rings (SSSR count). The molecule has 0 aromatic carbocycles. The first kappa shape index (κ1) is 13.2. The molecule has 5 nitrogen and oxygen atoms in total. The van der Waals surface area contributed by atoms with Gasteiger partial charge in [0.2, 0.25) is 0 Å². The molecule has 2 saturated heterocycles. The molecule has 0 saturated carbocycles. The first-order chi connectivity index (χ1) is 8.28. The molecule has 2 aliphatic rings. The quantitative estimate of drug-likeness (QED) is 0.693. The molecule has 2 aliphatic heterocycles. The lowest BCUT2D eigenvalue weighted by Crippen LogP contribution is -2.51. The molecule has 1 atom stereocenters. The Kier molecular flexibility index (Phi) is 4.76. The number of nitrogens with zero attached hydrogens (tertiary/aromatic N) is 1. The topological polar surface area (TPSA) is 68.0 Å². The fraction of sp³-hybridized carbons (Fsp3) is 1.00. The van der Waals surface area contributed by atoms with Gasteiger partial charge in [-0.2, -0.15) is 0 Å². The molecule has 0 aromatic rings. The van der Waals surface area contributed by atoms with Crippen LogP contribution >= 0.6 is 0 Å². The average molecular weight is 244 g/mol. The van der Waals surface area contributed by atoms with Crippen LogP contribution in [0.5, 0.6) is 0 Å². The molecule has 0 radical (unpaired) electrons. The predicted octanol–water partition coefficient (Wildman–Crippen LogP) is -0.565. The van der Waals surface area contributed by atoms with Gasteiger partial charge in [-0.15, -0.1) is 0 Å². The summed E-state index contributed by atoms with van der Waals surface area (Å²) in [6.07, 6.45) is 2.06. The number of hydrogen-bond donors (Lipinski definition) is 2. The van der Waals surface area contributed by atoms with E-state index in [4.69, 9.17) is 20.3 Å². The molecule has 2 heterocycles. The molecule has 0 aliphatic carbocycles. The van der Waals surface area contributed by atoms with Gasteiger partial charge in [-0.05, 0) is 24.8 Å². The fourth-order valence-electron chi connectivity index (χ4n) is 2.74. The summed E-state index contributed by atoms with van der Waals surface area (Å²) < 4.78 is 10.9. The van der Waals surface area contributed by atoms with Crippen molar-refractivity contribution < 1.29 is 14.6 Å². The van der Waals surface area contributed by atoms with Crippen molar-refractivity contribution in [3.8, 4) is 0 Å². The minimum atomic E-state index is -0.0292. The molecule has 3 N–H and O–H groups in total. The highest BCUT2D eigenvalue weighted by Gasteiger charge is 2.34. The number of ether oxygens (including phenoxy) is 2. The Labute approximate surface area is 103 Å². The van der Waals surface area contributed by atoms with Crippen LogP contribution in [0.25, 0.3) is 0 Å². The van der Waals surface area contributed by atoms with Crippen LogP contribution in [-0.4, -0.2) is 68.7 Å². The summed E-state index contributed by atoms with van der Waals surface area (Å²) >= 11 is 0. The van der Waals surface area contributed by atoms with E-state index < -0.39 is 0 Å². The van der Waals surface area contributed by atoms with Gasteiger partial charge in [0, 0.05) is 32.8 Å². The minimum absolute atomic E-state index is 0.0292. The summed E-state index contributed by atoms with van der Waals surface area (Å²) in [6, 6.07) is 0. The normalized spacial score (nSPS) is 30.4. The van der Waals surface area contributed by atoms with Crippen molar-refractivity contribution in [2.75, 3.05) is 52.6 Å². The van der Waals surface area contributed by atoms with Gasteiger partial charge in [0.25, 0.3) is 0 Å². The number of hydrogen-bond acceptors (Lipinski definition) is 5. The van der Waals surface area contributed by atoms with Crippen LogP contribution in [0.1, 0.15) is 12.8 Å². The lowest BCUT2D eigenvalue weighted by molar-refractivity contribution is -0.0732. The molecule has 0 aromatic heterocycles. The van der Waals surface area contributed by atoms with Crippen molar-refractivity contribution in [1.82, 2.24) is 4.90 Å². The summed E-state index contributed by atoms with van der Waals surface area (Å²) in [6.45, 7) is 5.95. The summed E-state index contributed by atoms with van der Waals surface area (Å²) in [5.74, 6) is 0. The van der Waals surface area contributed by atoms with Gasteiger partial charge in [0.1, 0.15) is 0 Å². The Morgan fingerprint density at radius 3 is 2.71 bits per heavy atom. The van der Waals surface area contributed by atoms with Crippen LogP contribution in [0.15, 0.2) is 0 Å². The van der Waals surface area contributed by atoms with Crippen molar-refractivity contribution in [1.29, 1.82) is 0 Å². The van der Waals surface area contributed by atoms with Gasteiger partial charge < -0.3 is 20.3 Å². The highest BCUT2D eigenvalue weighted by Crippen LogP contribution is 2.30. The number of rotatable bonds is 4. The molecular formula is C12H24N2O3. The van der Waals surface area contributed by atoms with Crippen LogP contribution < -0.4 is 5.73 Å². The monoisotopic (exact) mass is 244 g/mol. The zero-order valence-electron chi connectivity index (χ0n) is 10.4. The third-order valence-electron chi connectivity index (χ3n) is 3.97. The van der Waals surface area contributed by atoms with E-state index in [-0.39, 0.29) is 18.1 Å². The highest BCUT2D eigenvalue weighted by atomic mass is 16.5. The van der Waals surface area contributed by atoms with Gasteiger partial charge in [-0.25, -0.2) is 0 Å². The molecular weight excluding hydrogens is 220 g/mol. The minimum Gasteiger partial charge on any atom is -0.394 e. The molecule has 17 heavy (non-hydrogen) atoms. The summed E-state index contributed by atoms with van der Waals surface area (Å²) in [4.78, 5) is 2.38. The van der Waals surface area contributed by atoms with E-state index in [0.29, 0.717) is 6.61 Å². The molecule has 0 spiro atoms. The fourth-order valence-corrected chi connectivity index (χ4v) is 2.74. The van der Waals surface area contributed by atoms with Crippen molar-refractivity contribution in [2.45, 2.75) is 18.9 Å². The van der Waals surface area contributed by atoms with Crippen LogP contribution in [0, 0.1) is 5.41 Å². The van der Waals surface area contributed by atoms with E-state index in [2.05, 4.69) is 4.90 Å². The number of aliphatic hydroxyl groups is 1. The second-order valence-corrected chi connectivity index (χ2v) is 5.23. The second kappa shape index (κ2) is 6.11. The molecule has 2 fully saturated rings. The van der Waals surface area contributed by atoms with Gasteiger partial charge in [0.15, 0.2) is 0 Å². The van der Waals surface area contributed by atoms with E-state index in [1.165, 1.54) is 0 Å². The van der Waals surface area contributed by atoms with E-state index >= 15 is 0 Å². The Balaban J connectivity index is 1.88. The lowest BCUT2D eigenvalue weighted by Gasteiger charge is -2.42. The molecule has 1 unspecified atom stereocenters. The molecule has 100 valence electrons. The largest absolute Gasteiger partial charge is 0.394 e. The summed E-state index contributed by atoms with van der Waals surface area (Å²) in [5, 5.41) is 9.14. The first-order valence-corrected chi connectivity index (χ1v) is 6.51. The Morgan fingerprint density at radius 1 is 1.29 bits per heavy atom. The second-order valence-electron chi connectivity index (χ2n) is 5.23. The maximum Gasteiger partial charge on any atom is 0.0932 e. The third-order valence-corrected chi connectivity index (χ3v) is 3.97. The predicted molar refractivity (Wildman–Crippen MR) is 64.8 cm³/mol. The maximum absolute atomic E-state index is 9.14. The molecule has 0 amide bonds. The molecule has 5 heteroatoms. The van der Waals surface area contributed by atoms with Crippen LogP contribution in [0.3, 0.4) is 0 Å². The number of aliphatic hydroxyl groups excluding tert-OH is 1. The number of morpholine rings is 1. The van der Waals surface area contributed by atoms with E-state index in [0.717, 1.165) is 52.2 Å². The molecule has 0 bridgehead atoms. The smallest absolute Gasteiger partial charge is 0.0932 e. The van der Waals surface area contributed by atoms with Crippen LogP contribution in [0.4, 0.5) is 0 Å². The van der Waals surface area contributed by atoms with Gasteiger partial charge in [-0.1, -0.05) is 0 Å². The third kappa shape index (κ3) is 3.39. The summed E-state index contributed by atoms with van der Waals surface area (Å²) in [7, 11) is 0. The standard InChI is InChI=1S/C12H24N2O3/c13-9-12(1-4-16-5-2-12)10-14-3-6-17-11(7-14)8-15/h11,15H,1-10,13H2. The highest BCUT2D eigenvalue weighted by molar-refractivity contribution is 4.87. The maximum atomic E-state index is 9.14. The van der Waals surface area contributed by atoms with Gasteiger partial charge >= 0.3 is 0 Å².